The molecule has 0 fully saturated rings. The van der Waals surface area contributed by atoms with Gasteiger partial charge >= 0.3 is 0 Å². The molecule has 0 saturated heterocycles. The van der Waals surface area contributed by atoms with Crippen molar-refractivity contribution in [3.63, 3.8) is 0 Å². The van der Waals surface area contributed by atoms with Gasteiger partial charge in [-0.3, -0.25) is 9.59 Å². The Labute approximate surface area is 255 Å². The summed E-state index contributed by atoms with van der Waals surface area (Å²) in [6.45, 7) is 1.31. The number of hydrogen-bond donors (Lipinski definition) is 2. The van der Waals surface area contributed by atoms with Crippen LogP contribution in [0.4, 0.5) is 0 Å². The van der Waals surface area contributed by atoms with Crippen LogP contribution >= 0.6 is 0 Å². The van der Waals surface area contributed by atoms with Crippen molar-refractivity contribution in [3.05, 3.63) is 89.5 Å². The quantitative estimate of drug-likeness (QED) is 0.296. The summed E-state index contributed by atoms with van der Waals surface area (Å²) in [7, 11) is 4.01. The molecule has 0 unspecified atom stereocenters. The summed E-state index contributed by atoms with van der Waals surface area (Å²) in [6, 6.07) is 11.2. The van der Waals surface area contributed by atoms with E-state index in [-0.39, 0.29) is 48.0 Å². The number of nitrogens with zero attached hydrogens (tertiary/aromatic N) is 6. The summed E-state index contributed by atoms with van der Waals surface area (Å²) in [6.07, 6.45) is 6.07. The van der Waals surface area contributed by atoms with Crippen molar-refractivity contribution in [2.75, 3.05) is 20.6 Å². The van der Waals surface area contributed by atoms with Crippen molar-refractivity contribution in [2.24, 2.45) is 0 Å². The standard InChI is InChI=1S/C31H26N8O6/c1-39(2)7-6-17-8-18-10-19(9-17)12-33-27(41)23-14-43-31(36-23)25-16-45-29(38-25)21-5-3-4-20(34-21)28-37-24(15-44-28)30-35-22(13-42-30)26(40)32-11-18/h3-5,8-10,13-16H,6-7,11-12H2,1-2H3,(H,32,40)(H,33,41). The largest absolute Gasteiger partial charge is 0.442 e. The first-order chi connectivity index (χ1) is 21.9. The third kappa shape index (κ3) is 5.99. The number of rotatable bonds is 3. The maximum absolute atomic E-state index is 13.0. The van der Waals surface area contributed by atoms with Gasteiger partial charge in [-0.1, -0.05) is 24.3 Å². The lowest BCUT2D eigenvalue weighted by atomic mass is 10.0. The molecule has 1 aliphatic heterocycles. The zero-order valence-electron chi connectivity index (χ0n) is 24.2. The molecule has 2 amide bonds. The van der Waals surface area contributed by atoms with Crippen LogP contribution in [-0.2, 0) is 19.5 Å². The molecule has 0 aliphatic carbocycles. The Kier molecular flexibility index (Phi) is 7.23. The number of pyridine rings is 1. The summed E-state index contributed by atoms with van der Waals surface area (Å²) in [5.41, 5.74) is 4.37. The molecular formula is C31H26N8O6. The molecule has 0 radical (unpaired) electrons. The number of hydrogen-bond acceptors (Lipinski definition) is 12. The Bertz CT molecular complexity index is 1890. The third-order valence-electron chi connectivity index (χ3n) is 6.97. The second kappa shape index (κ2) is 11.7. The van der Waals surface area contributed by atoms with E-state index >= 15 is 0 Å². The van der Waals surface area contributed by atoms with Crippen LogP contribution < -0.4 is 10.6 Å². The average Bonchev–Trinajstić information content (AvgIpc) is 3.87. The zero-order valence-corrected chi connectivity index (χ0v) is 24.2. The molecule has 14 heteroatoms. The van der Waals surface area contributed by atoms with Crippen molar-refractivity contribution >= 4 is 11.8 Å². The zero-order chi connectivity index (χ0) is 30.9. The molecule has 14 nitrogen and oxygen atoms in total. The van der Waals surface area contributed by atoms with Crippen LogP contribution in [0, 0.1) is 0 Å². The van der Waals surface area contributed by atoms with E-state index in [2.05, 4.69) is 40.5 Å². The van der Waals surface area contributed by atoms with Crippen molar-refractivity contribution in [1.82, 2.24) is 40.5 Å². The third-order valence-corrected chi connectivity index (χ3v) is 6.97. The highest BCUT2D eigenvalue weighted by atomic mass is 16.4. The Morgan fingerprint density at radius 3 is 1.56 bits per heavy atom. The first kappa shape index (κ1) is 27.9. The second-order valence-corrected chi connectivity index (χ2v) is 10.6. The molecule has 226 valence electrons. The lowest BCUT2D eigenvalue weighted by Crippen LogP contribution is -2.25. The predicted molar refractivity (Wildman–Crippen MR) is 157 cm³/mol. The first-order valence-electron chi connectivity index (χ1n) is 14.0. The van der Waals surface area contributed by atoms with E-state index in [1.165, 1.54) is 25.1 Å². The molecule has 6 aromatic rings. The number of oxazole rings is 4. The second-order valence-electron chi connectivity index (χ2n) is 10.6. The van der Waals surface area contributed by atoms with Gasteiger partial charge in [-0.25, -0.2) is 24.9 Å². The van der Waals surface area contributed by atoms with E-state index in [9.17, 15) is 9.59 Å². The summed E-state index contributed by atoms with van der Waals surface area (Å²) < 4.78 is 22.4. The van der Waals surface area contributed by atoms with E-state index in [1.54, 1.807) is 18.2 Å². The van der Waals surface area contributed by atoms with Gasteiger partial charge in [0, 0.05) is 19.6 Å². The number of likely N-dealkylation sites (N-methyl/N-ethyl adjacent to an activating group) is 1. The minimum Gasteiger partial charge on any atom is -0.442 e. The van der Waals surface area contributed by atoms with Crippen molar-refractivity contribution < 1.29 is 27.3 Å². The van der Waals surface area contributed by atoms with Gasteiger partial charge in [0.05, 0.1) is 0 Å². The summed E-state index contributed by atoms with van der Waals surface area (Å²) in [5.74, 6) is -0.202. The van der Waals surface area contributed by atoms with Crippen LogP contribution in [0.25, 0.3) is 46.3 Å². The predicted octanol–water partition coefficient (Wildman–Crippen LogP) is 3.98. The van der Waals surface area contributed by atoms with Crippen molar-refractivity contribution in [2.45, 2.75) is 19.5 Å². The van der Waals surface area contributed by atoms with Gasteiger partial charge in [0.15, 0.2) is 22.8 Å². The molecule has 2 N–H and O–H groups in total. The highest BCUT2D eigenvalue weighted by molar-refractivity contribution is 5.92. The lowest BCUT2D eigenvalue weighted by molar-refractivity contribution is 0.0938. The monoisotopic (exact) mass is 606 g/mol. The van der Waals surface area contributed by atoms with Crippen LogP contribution in [0.2, 0.25) is 0 Å². The Hall–Kier alpha value is -5.89. The van der Waals surface area contributed by atoms with Crippen LogP contribution in [0.1, 0.15) is 37.7 Å². The Morgan fingerprint density at radius 1 is 0.622 bits per heavy atom. The number of amides is 2. The molecule has 1 aliphatic rings. The van der Waals surface area contributed by atoms with Gasteiger partial charge in [-0.15, -0.1) is 0 Å². The Morgan fingerprint density at radius 2 is 1.07 bits per heavy atom. The summed E-state index contributed by atoms with van der Waals surface area (Å²) >= 11 is 0. The molecule has 45 heavy (non-hydrogen) atoms. The minimum atomic E-state index is -0.418. The smallest absolute Gasteiger partial charge is 0.273 e. The van der Waals surface area contributed by atoms with Gasteiger partial charge < -0.3 is 33.2 Å². The van der Waals surface area contributed by atoms with Crippen molar-refractivity contribution in [1.29, 1.82) is 0 Å². The van der Waals surface area contributed by atoms with Crippen LogP contribution in [0.15, 0.2) is 79.1 Å². The highest BCUT2D eigenvalue weighted by Gasteiger charge is 2.21. The summed E-state index contributed by atoms with van der Waals surface area (Å²) in [5, 5.41) is 5.79. The lowest BCUT2D eigenvalue weighted by Gasteiger charge is -2.13. The number of fused-ring (bicyclic) bond motifs is 16. The van der Waals surface area contributed by atoms with E-state index in [0.717, 1.165) is 29.7 Å². The van der Waals surface area contributed by atoms with E-state index in [0.29, 0.717) is 22.8 Å². The average molecular weight is 607 g/mol. The van der Waals surface area contributed by atoms with E-state index in [4.69, 9.17) is 17.7 Å². The molecule has 6 heterocycles. The molecular weight excluding hydrogens is 580 g/mol. The maximum Gasteiger partial charge on any atom is 0.273 e. The van der Waals surface area contributed by atoms with Crippen molar-refractivity contribution in [3.8, 4) is 46.3 Å². The fraction of sp³-hybridized carbons (Fsp3) is 0.194. The molecule has 5 aromatic heterocycles. The minimum absolute atomic E-state index is 0.0899. The van der Waals surface area contributed by atoms with Gasteiger partial charge in [-0.2, -0.15) is 0 Å². The normalized spacial score (nSPS) is 13.3. The fourth-order valence-electron chi connectivity index (χ4n) is 4.73. The summed E-state index contributed by atoms with van der Waals surface area (Å²) in [4.78, 5) is 50.1. The first-order valence-corrected chi connectivity index (χ1v) is 14.0. The Balaban J connectivity index is 1.24. The molecule has 7 rings (SSSR count). The highest BCUT2D eigenvalue weighted by Crippen LogP contribution is 2.27. The number of nitrogens with one attached hydrogen (secondary N) is 2. The topological polar surface area (TPSA) is 178 Å². The van der Waals surface area contributed by atoms with Gasteiger partial charge in [0.25, 0.3) is 11.8 Å². The number of carbonyl (C=O) groups excluding carboxylic acids is 2. The number of carbonyl (C=O) groups is 2. The molecule has 0 saturated carbocycles. The molecule has 0 atom stereocenters. The van der Waals surface area contributed by atoms with Crippen LogP contribution in [-0.4, -0.2) is 62.3 Å². The maximum atomic E-state index is 13.0. The fourth-order valence-corrected chi connectivity index (χ4v) is 4.73. The van der Waals surface area contributed by atoms with Crippen LogP contribution in [0.3, 0.4) is 0 Å². The molecule has 12 bridgehead atoms. The van der Waals surface area contributed by atoms with Gasteiger partial charge in [-0.05, 0) is 49.3 Å². The van der Waals surface area contributed by atoms with Crippen LogP contribution in [0.5, 0.6) is 0 Å². The molecule has 1 aromatic carbocycles. The molecule has 0 spiro atoms. The van der Waals surface area contributed by atoms with Gasteiger partial charge in [0.2, 0.25) is 23.6 Å². The van der Waals surface area contributed by atoms with Gasteiger partial charge in [0.1, 0.15) is 36.4 Å². The number of benzene rings is 1. The number of aromatic nitrogens is 5. The SMILES string of the molecule is CN(C)CCc1cc2cc(c1)CNC(=O)c1coc(n1)-c1coc(n1)-c1cccc(n1)-c1nc(co1)-c1nc(co1)C(=O)NC2. The van der Waals surface area contributed by atoms with E-state index in [1.807, 2.05) is 32.3 Å². The van der Waals surface area contributed by atoms with E-state index < -0.39 is 11.8 Å².